The minimum atomic E-state index is -0.157. The molecule has 0 aliphatic carbocycles. The van der Waals surface area contributed by atoms with Crippen LogP contribution in [-0.4, -0.2) is 28.1 Å². The molecule has 0 bridgehead atoms. The van der Waals surface area contributed by atoms with Crippen LogP contribution in [0.15, 0.2) is 42.7 Å². The van der Waals surface area contributed by atoms with Crippen molar-refractivity contribution in [2.24, 2.45) is 0 Å². The average Bonchev–Trinajstić information content (AvgIpc) is 2.99. The minimum Gasteiger partial charge on any atom is -0.469 e. The van der Waals surface area contributed by atoms with Gasteiger partial charge in [-0.05, 0) is 23.8 Å². The van der Waals surface area contributed by atoms with Crippen molar-refractivity contribution in [1.29, 1.82) is 0 Å². The molecule has 0 N–H and O–H groups in total. The first kappa shape index (κ1) is 14.7. The predicted octanol–water partition coefficient (Wildman–Crippen LogP) is 3.06. The van der Waals surface area contributed by atoms with Crippen LogP contribution in [0.1, 0.15) is 18.9 Å². The standard InChI is InChI=1S/C15H18N2O2S/c1-12(9-15(18)19-2)20-11-13-5-3-6-14(10-13)17-8-4-7-16-17/h3-8,10,12H,9,11H2,1-2H3. The van der Waals surface area contributed by atoms with E-state index in [-0.39, 0.29) is 11.2 Å². The van der Waals surface area contributed by atoms with Gasteiger partial charge in [-0.2, -0.15) is 16.9 Å². The number of carbonyl (C=O) groups is 1. The third-order valence-corrected chi connectivity index (χ3v) is 4.13. The Bertz CT molecular complexity index is 555. The number of ether oxygens (including phenoxy) is 1. The molecule has 1 aromatic heterocycles. The van der Waals surface area contributed by atoms with Gasteiger partial charge in [-0.1, -0.05) is 19.1 Å². The largest absolute Gasteiger partial charge is 0.469 e. The Hall–Kier alpha value is -1.75. The molecule has 0 amide bonds. The highest BCUT2D eigenvalue weighted by Crippen LogP contribution is 2.21. The van der Waals surface area contributed by atoms with E-state index in [1.165, 1.54) is 12.7 Å². The number of nitrogens with zero attached hydrogens (tertiary/aromatic N) is 2. The Labute approximate surface area is 123 Å². The Morgan fingerprint density at radius 2 is 2.30 bits per heavy atom. The highest BCUT2D eigenvalue weighted by molar-refractivity contribution is 7.99. The summed E-state index contributed by atoms with van der Waals surface area (Å²) >= 11 is 1.75. The topological polar surface area (TPSA) is 44.1 Å². The van der Waals surface area contributed by atoms with Gasteiger partial charge >= 0.3 is 5.97 Å². The van der Waals surface area contributed by atoms with Crippen LogP contribution in [-0.2, 0) is 15.3 Å². The SMILES string of the molecule is COC(=O)CC(C)SCc1cccc(-n2cccn2)c1. The number of aromatic nitrogens is 2. The molecule has 20 heavy (non-hydrogen) atoms. The van der Waals surface area contributed by atoms with Gasteiger partial charge in [-0.15, -0.1) is 0 Å². The minimum absolute atomic E-state index is 0.157. The normalized spacial score (nSPS) is 12.1. The lowest BCUT2D eigenvalue weighted by Gasteiger charge is -2.10. The number of benzene rings is 1. The van der Waals surface area contributed by atoms with Gasteiger partial charge in [-0.25, -0.2) is 4.68 Å². The average molecular weight is 290 g/mol. The quantitative estimate of drug-likeness (QED) is 0.767. The van der Waals surface area contributed by atoms with Gasteiger partial charge in [0.15, 0.2) is 0 Å². The number of carbonyl (C=O) groups excluding carboxylic acids is 1. The van der Waals surface area contributed by atoms with Gasteiger partial charge in [0.2, 0.25) is 0 Å². The first-order chi connectivity index (χ1) is 9.69. The molecule has 1 unspecified atom stereocenters. The maximum absolute atomic E-state index is 11.2. The smallest absolute Gasteiger partial charge is 0.306 e. The van der Waals surface area contributed by atoms with Gasteiger partial charge in [0.05, 0.1) is 19.2 Å². The fourth-order valence-electron chi connectivity index (χ4n) is 1.83. The number of methoxy groups -OCH3 is 1. The van der Waals surface area contributed by atoms with Gasteiger partial charge in [-0.3, -0.25) is 4.79 Å². The maximum atomic E-state index is 11.2. The van der Waals surface area contributed by atoms with Gasteiger partial charge in [0.1, 0.15) is 0 Å². The summed E-state index contributed by atoms with van der Waals surface area (Å²) in [5.41, 5.74) is 2.27. The molecule has 5 heteroatoms. The van der Waals surface area contributed by atoms with Crippen LogP contribution in [0.2, 0.25) is 0 Å². The van der Waals surface area contributed by atoms with E-state index in [9.17, 15) is 4.79 Å². The summed E-state index contributed by atoms with van der Waals surface area (Å²) in [5, 5.41) is 4.47. The summed E-state index contributed by atoms with van der Waals surface area (Å²) in [4.78, 5) is 11.2. The lowest BCUT2D eigenvalue weighted by molar-refractivity contribution is -0.140. The lowest BCUT2D eigenvalue weighted by Crippen LogP contribution is -2.08. The maximum Gasteiger partial charge on any atom is 0.306 e. The second-order valence-electron chi connectivity index (χ2n) is 4.52. The Morgan fingerprint density at radius 3 is 3.00 bits per heavy atom. The van der Waals surface area contributed by atoms with Crippen molar-refractivity contribution < 1.29 is 9.53 Å². The third kappa shape index (κ3) is 4.13. The van der Waals surface area contributed by atoms with Gasteiger partial charge in [0, 0.05) is 23.4 Å². The van der Waals surface area contributed by atoms with Crippen LogP contribution in [0, 0.1) is 0 Å². The zero-order valence-corrected chi connectivity index (χ0v) is 12.5. The lowest BCUT2D eigenvalue weighted by atomic mass is 10.2. The van der Waals surface area contributed by atoms with E-state index in [4.69, 9.17) is 0 Å². The summed E-state index contributed by atoms with van der Waals surface area (Å²) in [6.07, 6.45) is 4.13. The van der Waals surface area contributed by atoms with Crippen molar-refractivity contribution in [2.75, 3.05) is 7.11 Å². The van der Waals surface area contributed by atoms with Crippen LogP contribution in [0.25, 0.3) is 5.69 Å². The fourth-order valence-corrected chi connectivity index (χ4v) is 2.74. The van der Waals surface area contributed by atoms with E-state index in [0.29, 0.717) is 6.42 Å². The molecule has 0 fully saturated rings. The monoisotopic (exact) mass is 290 g/mol. The second-order valence-corrected chi connectivity index (χ2v) is 5.95. The Balaban J connectivity index is 1.93. The van der Waals surface area contributed by atoms with Crippen molar-refractivity contribution in [3.63, 3.8) is 0 Å². The zero-order valence-electron chi connectivity index (χ0n) is 11.7. The molecule has 1 atom stereocenters. The van der Waals surface area contributed by atoms with Crippen molar-refractivity contribution in [3.8, 4) is 5.69 Å². The molecule has 0 saturated carbocycles. The molecule has 0 saturated heterocycles. The van der Waals surface area contributed by atoms with E-state index < -0.39 is 0 Å². The molecule has 1 heterocycles. The summed E-state index contributed by atoms with van der Waals surface area (Å²) in [5.74, 6) is 0.711. The Kier molecular flexibility index (Phi) is 5.24. The van der Waals surface area contributed by atoms with Crippen LogP contribution in [0.3, 0.4) is 0 Å². The molecular formula is C15H18N2O2S. The summed E-state index contributed by atoms with van der Waals surface area (Å²) in [6, 6.07) is 10.2. The highest BCUT2D eigenvalue weighted by Gasteiger charge is 2.10. The molecule has 2 rings (SSSR count). The molecule has 106 valence electrons. The van der Waals surface area contributed by atoms with Crippen LogP contribution < -0.4 is 0 Å². The molecule has 0 aliphatic heterocycles. The van der Waals surface area contributed by atoms with Crippen molar-refractivity contribution in [3.05, 3.63) is 48.3 Å². The summed E-state index contributed by atoms with van der Waals surface area (Å²) in [7, 11) is 1.42. The summed E-state index contributed by atoms with van der Waals surface area (Å²) in [6.45, 7) is 2.04. The first-order valence-corrected chi connectivity index (χ1v) is 7.51. The number of rotatable bonds is 6. The molecule has 2 aromatic rings. The van der Waals surface area contributed by atoms with Crippen LogP contribution in [0.5, 0.6) is 0 Å². The van der Waals surface area contributed by atoms with Gasteiger partial charge in [0.25, 0.3) is 0 Å². The number of hydrogen-bond acceptors (Lipinski definition) is 4. The molecule has 4 nitrogen and oxygen atoms in total. The van der Waals surface area contributed by atoms with E-state index >= 15 is 0 Å². The van der Waals surface area contributed by atoms with Crippen LogP contribution in [0.4, 0.5) is 0 Å². The van der Waals surface area contributed by atoms with E-state index in [1.54, 1.807) is 18.0 Å². The second kappa shape index (κ2) is 7.14. The number of esters is 1. The van der Waals surface area contributed by atoms with E-state index in [0.717, 1.165) is 11.4 Å². The highest BCUT2D eigenvalue weighted by atomic mass is 32.2. The molecule has 0 aliphatic rings. The zero-order chi connectivity index (χ0) is 14.4. The van der Waals surface area contributed by atoms with Gasteiger partial charge < -0.3 is 4.74 Å². The first-order valence-electron chi connectivity index (χ1n) is 6.46. The Morgan fingerprint density at radius 1 is 1.45 bits per heavy atom. The molecule has 0 radical (unpaired) electrons. The number of hydrogen-bond donors (Lipinski definition) is 0. The van der Waals surface area contributed by atoms with Crippen molar-refractivity contribution >= 4 is 17.7 Å². The third-order valence-electron chi connectivity index (χ3n) is 2.90. The fraction of sp³-hybridized carbons (Fsp3) is 0.333. The molecular weight excluding hydrogens is 272 g/mol. The van der Waals surface area contributed by atoms with E-state index in [1.807, 2.05) is 36.0 Å². The number of thioether (sulfide) groups is 1. The predicted molar refractivity (Wildman–Crippen MR) is 81.0 cm³/mol. The summed E-state index contributed by atoms with van der Waals surface area (Å²) < 4.78 is 6.52. The van der Waals surface area contributed by atoms with Crippen molar-refractivity contribution in [2.45, 2.75) is 24.3 Å². The van der Waals surface area contributed by atoms with Crippen LogP contribution >= 0.6 is 11.8 Å². The molecule has 0 spiro atoms. The van der Waals surface area contributed by atoms with E-state index in [2.05, 4.69) is 22.0 Å². The van der Waals surface area contributed by atoms with Crippen molar-refractivity contribution in [1.82, 2.24) is 9.78 Å². The molecule has 1 aromatic carbocycles.